The lowest BCUT2D eigenvalue weighted by Gasteiger charge is -2.09. The summed E-state index contributed by atoms with van der Waals surface area (Å²) in [5, 5.41) is 3.26. The normalized spacial score (nSPS) is 15.1. The van der Waals surface area contributed by atoms with E-state index >= 15 is 0 Å². The molecule has 3 rings (SSSR count). The fourth-order valence-corrected chi connectivity index (χ4v) is 5.70. The summed E-state index contributed by atoms with van der Waals surface area (Å²) in [4.78, 5) is 0. The Hall–Kier alpha value is -1.86. The molecule has 0 bridgehead atoms. The smallest absolute Gasteiger partial charge is 0.0752 e. The van der Waals surface area contributed by atoms with Crippen molar-refractivity contribution < 1.29 is 0 Å². The number of hydrogen-bond acceptors (Lipinski definition) is 0. The van der Waals surface area contributed by atoms with Crippen LogP contribution < -0.4 is 5.19 Å². The van der Waals surface area contributed by atoms with Gasteiger partial charge in [-0.05, 0) is 55.4 Å². The second-order valence-electron chi connectivity index (χ2n) is 7.02. The molecule has 0 nitrogen and oxygen atoms in total. The third-order valence-electron chi connectivity index (χ3n) is 5.13. The van der Waals surface area contributed by atoms with Crippen LogP contribution >= 0.6 is 0 Å². The summed E-state index contributed by atoms with van der Waals surface area (Å²) in [6, 6.07) is 20.4. The van der Waals surface area contributed by atoms with Gasteiger partial charge in [-0.2, -0.15) is 0 Å². The molecule has 24 heavy (non-hydrogen) atoms. The van der Waals surface area contributed by atoms with Gasteiger partial charge in [-0.15, -0.1) is 0 Å². The number of hydrogen-bond donors (Lipinski definition) is 0. The van der Waals surface area contributed by atoms with Crippen LogP contribution in [0.2, 0.25) is 0 Å². The third kappa shape index (κ3) is 3.79. The van der Waals surface area contributed by atoms with Crippen molar-refractivity contribution in [3.05, 3.63) is 82.1 Å². The van der Waals surface area contributed by atoms with E-state index in [-0.39, 0.29) is 9.52 Å². The summed E-state index contributed by atoms with van der Waals surface area (Å²) in [5.41, 5.74) is 7.48. The molecule has 124 valence electrons. The Bertz CT molecular complexity index is 748. The van der Waals surface area contributed by atoms with Gasteiger partial charge in [0.05, 0.1) is 9.52 Å². The summed E-state index contributed by atoms with van der Waals surface area (Å²) in [6.45, 7) is 6.91. The van der Waals surface area contributed by atoms with Crippen LogP contribution in [0, 0.1) is 0 Å². The first-order chi connectivity index (χ1) is 11.7. The van der Waals surface area contributed by atoms with E-state index < -0.39 is 0 Å². The molecule has 0 aromatic heterocycles. The summed E-state index contributed by atoms with van der Waals surface area (Å²) in [6.07, 6.45) is 4.93. The predicted molar refractivity (Wildman–Crippen MR) is 110 cm³/mol. The lowest BCUT2D eigenvalue weighted by Crippen LogP contribution is -2.16. The van der Waals surface area contributed by atoms with Crippen LogP contribution in [0.25, 0.3) is 5.57 Å². The molecular weight excluding hydrogens is 304 g/mol. The highest BCUT2D eigenvalue weighted by molar-refractivity contribution is 6.61. The Morgan fingerprint density at radius 2 is 1.62 bits per heavy atom. The topological polar surface area (TPSA) is 0 Å². The number of allylic oxidation sites excluding steroid dienone is 4. The molecule has 0 radical (unpaired) electrons. The highest BCUT2D eigenvalue weighted by Crippen LogP contribution is 2.38. The van der Waals surface area contributed by atoms with Crippen LogP contribution in [0.3, 0.4) is 0 Å². The van der Waals surface area contributed by atoms with Gasteiger partial charge in [-0.25, -0.2) is 0 Å². The summed E-state index contributed by atoms with van der Waals surface area (Å²) >= 11 is 0. The molecule has 0 atom stereocenters. The number of unbranched alkanes of at least 4 members (excludes halogenated alkanes) is 1. The molecule has 0 saturated carbocycles. The molecule has 0 aliphatic heterocycles. The number of rotatable bonds is 6. The molecule has 0 spiro atoms. The average Bonchev–Trinajstić information content (AvgIpc) is 2.88. The monoisotopic (exact) mass is 332 g/mol. The molecule has 1 aliphatic carbocycles. The SMILES string of the molecule is CCCCc1ccc(C2=C(C)CC([SiH2]c3ccccc3)=C2C)cc1. The van der Waals surface area contributed by atoms with Gasteiger partial charge in [0.15, 0.2) is 0 Å². The highest BCUT2D eigenvalue weighted by atomic mass is 28.2. The van der Waals surface area contributed by atoms with E-state index in [4.69, 9.17) is 0 Å². The Morgan fingerprint density at radius 1 is 0.917 bits per heavy atom. The molecule has 1 heteroatoms. The van der Waals surface area contributed by atoms with Gasteiger partial charge in [-0.3, -0.25) is 0 Å². The molecule has 0 unspecified atom stereocenters. The van der Waals surface area contributed by atoms with Crippen molar-refractivity contribution in [3.63, 3.8) is 0 Å². The van der Waals surface area contributed by atoms with Gasteiger partial charge in [0.1, 0.15) is 0 Å². The lowest BCUT2D eigenvalue weighted by atomic mass is 9.97. The van der Waals surface area contributed by atoms with E-state index in [2.05, 4.69) is 75.4 Å². The fourth-order valence-electron chi connectivity index (χ4n) is 3.76. The van der Waals surface area contributed by atoms with Crippen molar-refractivity contribution in [1.82, 2.24) is 0 Å². The fraction of sp³-hybridized carbons (Fsp3) is 0.304. The Balaban J connectivity index is 1.80. The molecule has 1 aliphatic rings. The van der Waals surface area contributed by atoms with Gasteiger partial charge in [-0.1, -0.05) is 83.9 Å². The van der Waals surface area contributed by atoms with Gasteiger partial charge < -0.3 is 0 Å². The van der Waals surface area contributed by atoms with Crippen LogP contribution in [-0.4, -0.2) is 9.52 Å². The van der Waals surface area contributed by atoms with Gasteiger partial charge in [0.25, 0.3) is 0 Å². The zero-order valence-electron chi connectivity index (χ0n) is 15.2. The van der Waals surface area contributed by atoms with E-state index in [0.29, 0.717) is 0 Å². The molecule has 0 fully saturated rings. The van der Waals surface area contributed by atoms with Crippen LogP contribution in [0.4, 0.5) is 0 Å². The first-order valence-electron chi connectivity index (χ1n) is 9.21. The first kappa shape index (κ1) is 17.0. The van der Waals surface area contributed by atoms with Gasteiger partial charge in [0, 0.05) is 0 Å². The highest BCUT2D eigenvalue weighted by Gasteiger charge is 2.20. The molecule has 2 aromatic rings. The molecule has 0 saturated heterocycles. The minimum absolute atomic E-state index is 0.332. The largest absolute Gasteiger partial charge is 0.0832 e. The van der Waals surface area contributed by atoms with E-state index in [9.17, 15) is 0 Å². The third-order valence-corrected chi connectivity index (χ3v) is 7.22. The maximum absolute atomic E-state index is 2.34. The Morgan fingerprint density at radius 3 is 2.29 bits per heavy atom. The molecule has 0 N–H and O–H groups in total. The van der Waals surface area contributed by atoms with Crippen LogP contribution in [-0.2, 0) is 6.42 Å². The summed E-state index contributed by atoms with van der Waals surface area (Å²) in [7, 11) is -0.332. The molecular formula is C23H28Si. The second-order valence-corrected chi connectivity index (χ2v) is 9.05. The molecule has 0 heterocycles. The van der Waals surface area contributed by atoms with Crippen molar-refractivity contribution >= 4 is 20.3 Å². The van der Waals surface area contributed by atoms with E-state index in [1.54, 1.807) is 21.5 Å². The summed E-state index contributed by atoms with van der Waals surface area (Å²) < 4.78 is 0. The quantitative estimate of drug-likeness (QED) is 0.655. The van der Waals surface area contributed by atoms with Gasteiger partial charge in [0.2, 0.25) is 0 Å². The summed E-state index contributed by atoms with van der Waals surface area (Å²) in [5.74, 6) is 0. The van der Waals surface area contributed by atoms with E-state index in [0.717, 1.165) is 0 Å². The van der Waals surface area contributed by atoms with E-state index in [1.807, 2.05) is 0 Å². The zero-order chi connectivity index (χ0) is 16.9. The molecule has 2 aromatic carbocycles. The van der Waals surface area contributed by atoms with Crippen molar-refractivity contribution in [3.8, 4) is 0 Å². The average molecular weight is 333 g/mol. The van der Waals surface area contributed by atoms with Crippen molar-refractivity contribution in [2.24, 2.45) is 0 Å². The Kier molecular flexibility index (Phi) is 5.52. The molecule has 0 amide bonds. The predicted octanol–water partition coefficient (Wildman–Crippen LogP) is 4.97. The lowest BCUT2D eigenvalue weighted by molar-refractivity contribution is 0.795. The standard InChI is InChI=1S/C23H28Si/c1-4-5-9-19-12-14-20(15-13-19)23-17(2)16-22(18(23)3)24-21-10-7-6-8-11-21/h6-8,10-15H,4-5,9,16,24H2,1-3H3. The maximum Gasteiger partial charge on any atom is 0.0832 e. The van der Waals surface area contributed by atoms with Crippen LogP contribution in [0.15, 0.2) is 70.9 Å². The first-order valence-corrected chi connectivity index (χ1v) is 10.6. The van der Waals surface area contributed by atoms with Crippen molar-refractivity contribution in [1.29, 1.82) is 0 Å². The van der Waals surface area contributed by atoms with Crippen molar-refractivity contribution in [2.75, 3.05) is 0 Å². The minimum Gasteiger partial charge on any atom is -0.0752 e. The van der Waals surface area contributed by atoms with Crippen molar-refractivity contribution in [2.45, 2.75) is 46.5 Å². The van der Waals surface area contributed by atoms with Gasteiger partial charge >= 0.3 is 0 Å². The van der Waals surface area contributed by atoms with Crippen LogP contribution in [0.5, 0.6) is 0 Å². The minimum atomic E-state index is -0.332. The number of benzene rings is 2. The zero-order valence-corrected chi connectivity index (χ0v) is 16.6. The number of aryl methyl sites for hydroxylation is 1. The van der Waals surface area contributed by atoms with Crippen LogP contribution in [0.1, 0.15) is 51.2 Å². The second kappa shape index (κ2) is 7.81. The van der Waals surface area contributed by atoms with E-state index in [1.165, 1.54) is 42.4 Å². The Labute approximate surface area is 149 Å². The maximum atomic E-state index is 2.34.